The van der Waals surface area contributed by atoms with Crippen LogP contribution in [0.15, 0.2) is 30.3 Å². The number of rotatable bonds is 10. The molecule has 1 saturated heterocycles. The molecule has 1 heterocycles. The number of amides is 2. The van der Waals surface area contributed by atoms with Crippen LogP contribution in [0.4, 0.5) is 0 Å². The molecule has 0 aromatic heterocycles. The van der Waals surface area contributed by atoms with Gasteiger partial charge < -0.3 is 45.3 Å². The smallest absolute Gasteiger partial charge is 0.544 e. The molecule has 6 atom stereocenters. The van der Waals surface area contributed by atoms with Crippen molar-refractivity contribution < 1.29 is 73.8 Å². The maximum Gasteiger partial charge on any atom is 1.00 e. The van der Waals surface area contributed by atoms with Crippen LogP contribution >= 0.6 is 0 Å². The van der Waals surface area contributed by atoms with E-state index < -0.39 is 67.0 Å². The molecule has 0 bridgehead atoms. The minimum Gasteiger partial charge on any atom is -0.544 e. The van der Waals surface area contributed by atoms with Crippen LogP contribution in [0.25, 0.3) is 0 Å². The molecule has 12 heteroatoms. The van der Waals surface area contributed by atoms with E-state index in [1.54, 1.807) is 30.3 Å². The molecule has 11 nitrogen and oxygen atoms in total. The number of benzene rings is 1. The number of hydrogen-bond donors (Lipinski definition) is 5. The molecule has 34 heavy (non-hydrogen) atoms. The van der Waals surface area contributed by atoms with Gasteiger partial charge in [0.25, 0.3) is 5.91 Å². The van der Waals surface area contributed by atoms with E-state index in [0.29, 0.717) is 5.56 Å². The minimum absolute atomic E-state index is 0. The third kappa shape index (κ3) is 7.76. The second-order valence-electron chi connectivity index (χ2n) is 7.56. The van der Waals surface area contributed by atoms with Crippen LogP contribution in [0.5, 0.6) is 0 Å². The van der Waals surface area contributed by atoms with Crippen molar-refractivity contribution in [1.29, 1.82) is 0 Å². The summed E-state index contributed by atoms with van der Waals surface area (Å²) in [6.07, 6.45) is -2.13. The molecule has 1 fully saturated rings. The first-order valence-corrected chi connectivity index (χ1v) is 10.2. The predicted molar refractivity (Wildman–Crippen MR) is 111 cm³/mol. The van der Waals surface area contributed by atoms with Gasteiger partial charge in [0, 0.05) is 31.9 Å². The Hall–Kier alpha value is -2.01. The summed E-state index contributed by atoms with van der Waals surface area (Å²) in [5.74, 6) is -3.17. The van der Waals surface area contributed by atoms with E-state index in [1.165, 1.54) is 0 Å². The van der Waals surface area contributed by atoms with Crippen LogP contribution in [-0.4, -0.2) is 82.5 Å². The Bertz CT molecular complexity index is 879. The van der Waals surface area contributed by atoms with Gasteiger partial charge in [-0.2, -0.15) is 0 Å². The molecule has 2 amide bonds. The van der Waals surface area contributed by atoms with Crippen molar-refractivity contribution in [2.45, 2.75) is 56.0 Å². The van der Waals surface area contributed by atoms with E-state index in [4.69, 9.17) is 15.9 Å². The maximum absolute atomic E-state index is 12.2. The second kappa shape index (κ2) is 13.8. The molecule has 0 radical (unpaired) electrons. The summed E-state index contributed by atoms with van der Waals surface area (Å²) in [7, 11) is 0. The van der Waals surface area contributed by atoms with Gasteiger partial charge in [-0.3, -0.25) is 9.59 Å². The van der Waals surface area contributed by atoms with Gasteiger partial charge in [-0.25, -0.2) is 0 Å². The number of terminal acetylenes is 1. The Labute approximate surface area is 219 Å². The quantitative estimate of drug-likeness (QED) is 0.122. The second-order valence-corrected chi connectivity index (χ2v) is 7.56. The SMILES string of the molecule is C#CCCO[C@]1(C(=O)[O-])C[C@H](O)[C@@H](NC(C)=O)C([C@H](O)[C@H](O)CNC(=O)c2ccccc2)O1.[Na+]. The van der Waals surface area contributed by atoms with Crippen molar-refractivity contribution in [3.8, 4) is 12.3 Å². The third-order valence-corrected chi connectivity index (χ3v) is 5.07. The largest absolute Gasteiger partial charge is 1.00 e. The van der Waals surface area contributed by atoms with E-state index >= 15 is 0 Å². The van der Waals surface area contributed by atoms with E-state index in [2.05, 4.69) is 16.6 Å². The molecule has 1 aromatic carbocycles. The van der Waals surface area contributed by atoms with Crippen molar-refractivity contribution in [1.82, 2.24) is 10.6 Å². The van der Waals surface area contributed by atoms with E-state index in [1.807, 2.05) is 0 Å². The van der Waals surface area contributed by atoms with Gasteiger partial charge >= 0.3 is 29.6 Å². The van der Waals surface area contributed by atoms with E-state index in [9.17, 15) is 34.8 Å². The fourth-order valence-electron chi connectivity index (χ4n) is 3.44. The Morgan fingerprint density at radius 1 is 1.32 bits per heavy atom. The van der Waals surface area contributed by atoms with Crippen molar-refractivity contribution in [2.24, 2.45) is 0 Å². The van der Waals surface area contributed by atoms with Crippen LogP contribution in [0.2, 0.25) is 0 Å². The summed E-state index contributed by atoms with van der Waals surface area (Å²) in [5, 5.41) is 48.4. The zero-order valence-electron chi connectivity index (χ0n) is 19.0. The molecule has 1 aliphatic heterocycles. The first kappa shape index (κ1) is 30.0. The summed E-state index contributed by atoms with van der Waals surface area (Å²) in [5.41, 5.74) is 0.317. The van der Waals surface area contributed by atoms with Crippen LogP contribution in [0.1, 0.15) is 30.1 Å². The number of ether oxygens (including phenoxy) is 2. The first-order chi connectivity index (χ1) is 15.6. The number of carboxylic acids is 1. The normalized spacial score (nSPS) is 25.7. The molecular weight excluding hydrogens is 459 g/mol. The molecule has 0 aliphatic carbocycles. The fraction of sp³-hybridized carbons (Fsp3) is 0.500. The number of aliphatic carboxylic acids is 1. The Morgan fingerprint density at radius 2 is 1.97 bits per heavy atom. The van der Waals surface area contributed by atoms with Gasteiger partial charge in [-0.1, -0.05) is 18.2 Å². The average molecular weight is 486 g/mol. The average Bonchev–Trinajstić information content (AvgIpc) is 2.78. The summed E-state index contributed by atoms with van der Waals surface area (Å²) in [6.45, 7) is 0.463. The van der Waals surface area contributed by atoms with Crippen molar-refractivity contribution in [3.63, 3.8) is 0 Å². The molecule has 1 aliphatic rings. The van der Waals surface area contributed by atoms with Gasteiger partial charge in [-0.15, -0.1) is 12.3 Å². The van der Waals surface area contributed by atoms with Crippen molar-refractivity contribution in [3.05, 3.63) is 35.9 Å². The minimum atomic E-state index is -2.48. The topological polar surface area (TPSA) is 177 Å². The van der Waals surface area contributed by atoms with Crippen molar-refractivity contribution in [2.75, 3.05) is 13.2 Å². The van der Waals surface area contributed by atoms with Crippen LogP contribution in [0.3, 0.4) is 0 Å². The Balaban J connectivity index is 0.00000578. The molecule has 1 aromatic rings. The fourth-order valence-corrected chi connectivity index (χ4v) is 3.44. The zero-order valence-corrected chi connectivity index (χ0v) is 21.0. The maximum atomic E-state index is 12.2. The summed E-state index contributed by atoms with van der Waals surface area (Å²) < 4.78 is 10.7. The van der Waals surface area contributed by atoms with Crippen LogP contribution < -0.4 is 45.3 Å². The number of aliphatic hydroxyl groups is 3. The summed E-state index contributed by atoms with van der Waals surface area (Å²) >= 11 is 0. The van der Waals surface area contributed by atoms with Crippen molar-refractivity contribution >= 4 is 17.8 Å². The zero-order chi connectivity index (χ0) is 24.6. The Morgan fingerprint density at radius 3 is 2.53 bits per heavy atom. The van der Waals surface area contributed by atoms with Crippen LogP contribution in [0, 0.1) is 12.3 Å². The van der Waals surface area contributed by atoms with Gasteiger partial charge in [0.15, 0.2) is 0 Å². The molecule has 0 spiro atoms. The molecule has 0 saturated carbocycles. The number of carbonyl (C=O) groups excluding carboxylic acids is 3. The van der Waals surface area contributed by atoms with Gasteiger partial charge in [0.2, 0.25) is 11.7 Å². The first-order valence-electron chi connectivity index (χ1n) is 10.2. The summed E-state index contributed by atoms with van der Waals surface area (Å²) in [4.78, 5) is 35.6. The number of aliphatic hydroxyl groups excluding tert-OH is 3. The molecule has 1 unspecified atom stereocenters. The standard InChI is InChI=1S/C22H28N2O9.Na/c1-3-4-10-32-22(21(30)31)11-15(26)17(24-13(2)25)19(33-22)18(28)16(27)12-23-20(29)14-8-6-5-7-9-14;/h1,5-9,15-19,26-28H,4,10-12H2,2H3,(H,23,29)(H,24,25)(H,30,31);/q;+1/p-1/t15-,16+,17+,18+,19?,22+;/m0./s1. The third-order valence-electron chi connectivity index (χ3n) is 5.07. The number of nitrogens with one attached hydrogen (secondary N) is 2. The molecular formula is C22H27N2NaO9. The number of hydrogen-bond acceptors (Lipinski definition) is 9. The van der Waals surface area contributed by atoms with Gasteiger partial charge in [0.05, 0.1) is 24.9 Å². The van der Waals surface area contributed by atoms with Crippen LogP contribution in [-0.2, 0) is 19.1 Å². The predicted octanol–water partition coefficient (Wildman–Crippen LogP) is -5.72. The molecule has 2 rings (SSSR count). The molecule has 5 N–H and O–H groups in total. The number of carboxylic acid groups (broad SMARTS) is 1. The Kier molecular flexibility index (Phi) is 12.2. The summed E-state index contributed by atoms with van der Waals surface area (Å²) in [6, 6.07) is 6.82. The van der Waals surface area contributed by atoms with Gasteiger partial charge in [-0.05, 0) is 12.1 Å². The monoisotopic (exact) mass is 486 g/mol. The van der Waals surface area contributed by atoms with Gasteiger partial charge in [0.1, 0.15) is 18.2 Å². The molecule has 180 valence electrons. The number of carbonyl (C=O) groups is 3. The van der Waals surface area contributed by atoms with E-state index in [-0.39, 0.29) is 42.6 Å². The van der Waals surface area contributed by atoms with E-state index in [0.717, 1.165) is 6.92 Å².